The lowest BCUT2D eigenvalue weighted by molar-refractivity contribution is 0.410. The van der Waals surface area contributed by atoms with Crippen LogP contribution in [0, 0.1) is 6.92 Å². The monoisotopic (exact) mass is 285 g/mol. The van der Waals surface area contributed by atoms with Crippen LogP contribution in [-0.2, 0) is 5.75 Å². The fourth-order valence-electron chi connectivity index (χ4n) is 2.10. The zero-order chi connectivity index (χ0) is 13.9. The summed E-state index contributed by atoms with van der Waals surface area (Å²) < 4.78 is 7.40. The maximum atomic E-state index is 5.32. The van der Waals surface area contributed by atoms with Gasteiger partial charge in [-0.3, -0.25) is 8.96 Å². The van der Waals surface area contributed by atoms with Gasteiger partial charge in [0.2, 0.25) is 0 Å². The molecule has 0 saturated heterocycles. The summed E-state index contributed by atoms with van der Waals surface area (Å²) in [6.45, 7) is 2.04. The normalized spacial score (nSPS) is 10.9. The first-order chi connectivity index (χ1) is 9.79. The molecule has 2 heterocycles. The second kappa shape index (κ2) is 5.54. The highest BCUT2D eigenvalue weighted by Gasteiger charge is 2.08. The summed E-state index contributed by atoms with van der Waals surface area (Å²) in [4.78, 5) is 8.82. The first kappa shape index (κ1) is 13.0. The first-order valence-electron chi connectivity index (χ1n) is 6.33. The van der Waals surface area contributed by atoms with Crippen molar-refractivity contribution in [1.82, 2.24) is 13.9 Å². The number of para-hydroxylation sites is 2. The van der Waals surface area contributed by atoms with Crippen LogP contribution in [0.1, 0.15) is 11.3 Å². The minimum Gasteiger partial charge on any atom is -0.496 e. The molecule has 0 spiro atoms. The van der Waals surface area contributed by atoms with Gasteiger partial charge in [-0.1, -0.05) is 12.1 Å². The Kier molecular flexibility index (Phi) is 3.60. The SMILES string of the molecule is COc1ccnc(CSn2cnc3ccccc32)c1C. The zero-order valence-electron chi connectivity index (χ0n) is 11.4. The van der Waals surface area contributed by atoms with Gasteiger partial charge in [0.05, 0.1) is 29.6 Å². The molecular formula is C15H15N3OS. The molecule has 0 bridgehead atoms. The van der Waals surface area contributed by atoms with Crippen LogP contribution in [0.2, 0.25) is 0 Å². The number of ether oxygens (including phenoxy) is 1. The van der Waals surface area contributed by atoms with Crippen molar-refractivity contribution in [2.75, 3.05) is 7.11 Å². The summed E-state index contributed by atoms with van der Waals surface area (Å²) in [6.07, 6.45) is 3.64. The van der Waals surface area contributed by atoms with Crippen molar-refractivity contribution in [3.05, 3.63) is 54.1 Å². The molecule has 0 saturated carbocycles. The van der Waals surface area contributed by atoms with E-state index in [1.165, 1.54) is 0 Å². The molecular weight excluding hydrogens is 270 g/mol. The molecule has 3 rings (SSSR count). The first-order valence-corrected chi connectivity index (χ1v) is 7.27. The van der Waals surface area contributed by atoms with Gasteiger partial charge in [-0.15, -0.1) is 0 Å². The minimum atomic E-state index is 0.781. The third-order valence-corrected chi connectivity index (χ3v) is 4.21. The Labute approximate surface area is 121 Å². The van der Waals surface area contributed by atoms with Gasteiger partial charge in [0.25, 0.3) is 0 Å². The summed E-state index contributed by atoms with van der Waals surface area (Å²) in [5.74, 6) is 1.66. The van der Waals surface area contributed by atoms with Gasteiger partial charge < -0.3 is 4.74 Å². The fourth-order valence-corrected chi connectivity index (χ4v) is 3.06. The van der Waals surface area contributed by atoms with Crippen LogP contribution in [0.3, 0.4) is 0 Å². The molecule has 0 unspecified atom stereocenters. The largest absolute Gasteiger partial charge is 0.496 e. The van der Waals surface area contributed by atoms with Gasteiger partial charge in [0.15, 0.2) is 0 Å². The van der Waals surface area contributed by atoms with E-state index in [0.29, 0.717) is 0 Å². The van der Waals surface area contributed by atoms with Crippen molar-refractivity contribution in [3.63, 3.8) is 0 Å². The number of hydrogen-bond donors (Lipinski definition) is 0. The maximum absolute atomic E-state index is 5.32. The molecule has 0 aliphatic rings. The highest BCUT2D eigenvalue weighted by atomic mass is 32.2. The summed E-state index contributed by atoms with van der Waals surface area (Å²) in [7, 11) is 1.68. The summed E-state index contributed by atoms with van der Waals surface area (Å²) in [6, 6.07) is 9.99. The molecule has 0 aliphatic heterocycles. The Balaban J connectivity index is 1.83. The Morgan fingerprint density at radius 1 is 1.20 bits per heavy atom. The molecule has 1 aromatic carbocycles. The van der Waals surface area contributed by atoms with Crippen molar-refractivity contribution in [2.45, 2.75) is 12.7 Å². The van der Waals surface area contributed by atoms with E-state index in [9.17, 15) is 0 Å². The molecule has 20 heavy (non-hydrogen) atoms. The lowest BCUT2D eigenvalue weighted by Crippen LogP contribution is -1.97. The van der Waals surface area contributed by atoms with Crippen molar-refractivity contribution in [1.29, 1.82) is 0 Å². The molecule has 102 valence electrons. The summed E-state index contributed by atoms with van der Waals surface area (Å²) in [5.41, 5.74) is 4.26. The molecule has 0 atom stereocenters. The average Bonchev–Trinajstić information content (AvgIpc) is 2.89. The Hall–Kier alpha value is -2.01. The second-order valence-electron chi connectivity index (χ2n) is 4.42. The molecule has 0 aliphatic carbocycles. The van der Waals surface area contributed by atoms with Gasteiger partial charge in [-0.05, 0) is 37.1 Å². The zero-order valence-corrected chi connectivity index (χ0v) is 12.2. The third-order valence-electron chi connectivity index (χ3n) is 3.24. The van der Waals surface area contributed by atoms with Gasteiger partial charge in [-0.25, -0.2) is 4.98 Å². The van der Waals surface area contributed by atoms with Crippen molar-refractivity contribution >= 4 is 23.0 Å². The van der Waals surface area contributed by atoms with Gasteiger partial charge in [-0.2, -0.15) is 0 Å². The lowest BCUT2D eigenvalue weighted by Gasteiger charge is -2.09. The smallest absolute Gasteiger partial charge is 0.125 e. The van der Waals surface area contributed by atoms with Crippen LogP contribution in [0.25, 0.3) is 11.0 Å². The van der Waals surface area contributed by atoms with E-state index < -0.39 is 0 Å². The number of benzene rings is 1. The van der Waals surface area contributed by atoms with Gasteiger partial charge in [0.1, 0.15) is 12.1 Å². The number of fused-ring (bicyclic) bond motifs is 1. The minimum absolute atomic E-state index is 0.781. The number of rotatable bonds is 4. The van der Waals surface area contributed by atoms with E-state index in [-0.39, 0.29) is 0 Å². The van der Waals surface area contributed by atoms with Crippen LogP contribution < -0.4 is 4.74 Å². The summed E-state index contributed by atoms with van der Waals surface area (Å²) >= 11 is 1.68. The number of imidazole rings is 1. The van der Waals surface area contributed by atoms with E-state index in [4.69, 9.17) is 4.74 Å². The van der Waals surface area contributed by atoms with Crippen LogP contribution in [0.4, 0.5) is 0 Å². The fraction of sp³-hybridized carbons (Fsp3) is 0.200. The highest BCUT2D eigenvalue weighted by Crippen LogP contribution is 2.25. The topological polar surface area (TPSA) is 39.9 Å². The second-order valence-corrected chi connectivity index (χ2v) is 5.36. The number of pyridine rings is 1. The van der Waals surface area contributed by atoms with Gasteiger partial charge >= 0.3 is 0 Å². The Bertz CT molecular complexity index is 739. The molecule has 5 heteroatoms. The highest BCUT2D eigenvalue weighted by molar-refractivity contribution is 7.97. The van der Waals surface area contributed by atoms with Gasteiger partial charge in [0, 0.05) is 11.8 Å². The van der Waals surface area contributed by atoms with E-state index in [2.05, 4.69) is 20.0 Å². The molecule has 4 nitrogen and oxygen atoms in total. The van der Waals surface area contributed by atoms with E-state index in [0.717, 1.165) is 33.8 Å². The average molecular weight is 285 g/mol. The van der Waals surface area contributed by atoms with Crippen LogP contribution >= 0.6 is 11.9 Å². The van der Waals surface area contributed by atoms with Crippen LogP contribution in [-0.4, -0.2) is 21.1 Å². The van der Waals surface area contributed by atoms with E-state index in [1.54, 1.807) is 25.3 Å². The Morgan fingerprint density at radius 2 is 2.05 bits per heavy atom. The van der Waals surface area contributed by atoms with Crippen LogP contribution in [0.5, 0.6) is 5.75 Å². The van der Waals surface area contributed by atoms with E-state index >= 15 is 0 Å². The predicted octanol–water partition coefficient (Wildman–Crippen LogP) is 3.44. The Morgan fingerprint density at radius 3 is 2.90 bits per heavy atom. The molecule has 0 fully saturated rings. The number of methoxy groups -OCH3 is 1. The number of aromatic nitrogens is 3. The maximum Gasteiger partial charge on any atom is 0.125 e. The van der Waals surface area contributed by atoms with Crippen molar-refractivity contribution < 1.29 is 4.74 Å². The molecule has 3 aromatic rings. The number of nitrogens with zero attached hydrogens (tertiary/aromatic N) is 3. The molecule has 0 radical (unpaired) electrons. The lowest BCUT2D eigenvalue weighted by atomic mass is 10.2. The van der Waals surface area contributed by atoms with E-state index in [1.807, 2.05) is 37.5 Å². The summed E-state index contributed by atoms with van der Waals surface area (Å²) in [5, 5.41) is 0. The quantitative estimate of drug-likeness (QED) is 0.736. The van der Waals surface area contributed by atoms with Crippen LogP contribution in [0.15, 0.2) is 42.9 Å². The molecule has 0 N–H and O–H groups in total. The number of hydrogen-bond acceptors (Lipinski definition) is 4. The third kappa shape index (κ3) is 2.36. The standard InChI is InChI=1S/C15H15N3OS/c1-11-13(16-8-7-15(11)19-2)9-20-18-10-17-12-5-3-4-6-14(12)18/h3-8,10H,9H2,1-2H3. The van der Waals surface area contributed by atoms with Crippen molar-refractivity contribution in [2.24, 2.45) is 0 Å². The molecule has 0 amide bonds. The molecule has 2 aromatic heterocycles. The predicted molar refractivity (Wildman–Crippen MR) is 82.0 cm³/mol. The van der Waals surface area contributed by atoms with Crippen molar-refractivity contribution in [3.8, 4) is 5.75 Å².